The van der Waals surface area contributed by atoms with E-state index in [1.807, 2.05) is 47.4 Å². The molecule has 3 aromatic rings. The van der Waals surface area contributed by atoms with Crippen LogP contribution in [-0.2, 0) is 0 Å². The van der Waals surface area contributed by atoms with Gasteiger partial charge in [0, 0.05) is 48.0 Å². The number of hydrogen-bond donors (Lipinski definition) is 2. The van der Waals surface area contributed by atoms with Gasteiger partial charge in [0.05, 0.1) is 10.7 Å². The Morgan fingerprint density at radius 3 is 2.21 bits per heavy atom. The zero-order valence-corrected chi connectivity index (χ0v) is 20.5. The van der Waals surface area contributed by atoms with E-state index in [1.165, 1.54) is 0 Å². The number of nitrogens with zero attached hydrogens (tertiary/aromatic N) is 2. The van der Waals surface area contributed by atoms with Crippen molar-refractivity contribution in [2.75, 3.05) is 36.4 Å². The molecule has 0 spiro atoms. The highest BCUT2D eigenvalue weighted by atomic mass is 35.5. The average Bonchev–Trinajstić information content (AvgIpc) is 2.84. The molecule has 1 aliphatic heterocycles. The SMILES string of the molecule is O=C(NC(=S)Nc1ccc(N2CCN(C(=O)c3ccccc3)CC2)c(Cl)c1)c1cccc(Cl)c1. The fourth-order valence-corrected chi connectivity index (χ4v) is 4.42. The first kappa shape index (κ1) is 24.0. The Bertz CT molecular complexity index is 1210. The molecule has 1 heterocycles. The maximum Gasteiger partial charge on any atom is 0.257 e. The number of amides is 2. The summed E-state index contributed by atoms with van der Waals surface area (Å²) in [6.45, 7) is 2.59. The molecular weight excluding hydrogens is 491 g/mol. The van der Waals surface area contributed by atoms with Crippen LogP contribution in [0.5, 0.6) is 0 Å². The lowest BCUT2D eigenvalue weighted by atomic mass is 10.1. The van der Waals surface area contributed by atoms with Gasteiger partial charge in [-0.05, 0) is 60.7 Å². The molecule has 0 aromatic heterocycles. The van der Waals surface area contributed by atoms with Crippen LogP contribution in [0.3, 0.4) is 0 Å². The molecular formula is C25H22Cl2N4O2S. The van der Waals surface area contributed by atoms with Gasteiger partial charge < -0.3 is 15.1 Å². The molecule has 1 fully saturated rings. The third-order valence-electron chi connectivity index (χ3n) is 5.45. The van der Waals surface area contributed by atoms with Gasteiger partial charge >= 0.3 is 0 Å². The molecule has 6 nitrogen and oxygen atoms in total. The Morgan fingerprint density at radius 2 is 1.53 bits per heavy atom. The van der Waals surface area contributed by atoms with E-state index >= 15 is 0 Å². The summed E-state index contributed by atoms with van der Waals surface area (Å²) in [5, 5.41) is 6.79. The molecule has 0 radical (unpaired) electrons. The molecule has 2 N–H and O–H groups in total. The van der Waals surface area contributed by atoms with Crippen LogP contribution >= 0.6 is 35.4 Å². The number of rotatable bonds is 4. The third kappa shape index (κ3) is 5.86. The molecule has 9 heteroatoms. The summed E-state index contributed by atoms with van der Waals surface area (Å²) in [4.78, 5) is 29.0. The number of carbonyl (C=O) groups is 2. The number of piperazine rings is 1. The highest BCUT2D eigenvalue weighted by Crippen LogP contribution is 2.30. The monoisotopic (exact) mass is 512 g/mol. The van der Waals surface area contributed by atoms with E-state index in [0.717, 1.165) is 5.69 Å². The Morgan fingerprint density at radius 1 is 0.824 bits per heavy atom. The number of benzene rings is 3. The molecule has 3 aromatic carbocycles. The van der Waals surface area contributed by atoms with Crippen LogP contribution in [0.25, 0.3) is 0 Å². The lowest BCUT2D eigenvalue weighted by Crippen LogP contribution is -2.48. The highest BCUT2D eigenvalue weighted by Gasteiger charge is 2.23. The Hall–Kier alpha value is -3.13. The van der Waals surface area contributed by atoms with E-state index in [9.17, 15) is 9.59 Å². The van der Waals surface area contributed by atoms with E-state index in [4.69, 9.17) is 35.4 Å². The van der Waals surface area contributed by atoms with E-state index in [1.54, 1.807) is 30.3 Å². The van der Waals surface area contributed by atoms with Crippen molar-refractivity contribution in [3.63, 3.8) is 0 Å². The number of halogens is 2. The first-order chi connectivity index (χ1) is 16.4. The van der Waals surface area contributed by atoms with E-state index in [-0.39, 0.29) is 16.9 Å². The van der Waals surface area contributed by atoms with Gasteiger partial charge in [0.15, 0.2) is 5.11 Å². The van der Waals surface area contributed by atoms with Crippen molar-refractivity contribution in [3.8, 4) is 0 Å². The standard InChI is InChI=1S/C25H22Cl2N4O2S/c26-19-8-4-7-18(15-19)23(32)29-25(34)28-20-9-10-22(21(27)16-20)30-11-13-31(14-12-30)24(33)17-5-2-1-3-6-17/h1-10,15-16H,11-14H2,(H2,28,29,32,34). The smallest absolute Gasteiger partial charge is 0.257 e. The molecule has 0 bridgehead atoms. The largest absolute Gasteiger partial charge is 0.367 e. The van der Waals surface area contributed by atoms with E-state index < -0.39 is 0 Å². The van der Waals surface area contributed by atoms with Crippen molar-refractivity contribution in [3.05, 3.63) is 94.0 Å². The Labute approximate surface area is 213 Å². The molecule has 1 saturated heterocycles. The van der Waals surface area contributed by atoms with E-state index in [2.05, 4.69) is 15.5 Å². The number of carbonyl (C=O) groups excluding carboxylic acids is 2. The summed E-state index contributed by atoms with van der Waals surface area (Å²) in [5.74, 6) is -0.315. The van der Waals surface area contributed by atoms with Crippen LogP contribution in [0.1, 0.15) is 20.7 Å². The predicted octanol–water partition coefficient (Wildman–Crippen LogP) is 5.08. The summed E-state index contributed by atoms with van der Waals surface area (Å²) in [6.07, 6.45) is 0. The molecule has 0 aliphatic carbocycles. The lowest BCUT2D eigenvalue weighted by molar-refractivity contribution is 0.0746. The zero-order chi connectivity index (χ0) is 24.1. The molecule has 2 amide bonds. The Kier molecular flexibility index (Phi) is 7.67. The second kappa shape index (κ2) is 10.9. The first-order valence-electron chi connectivity index (χ1n) is 10.7. The van der Waals surface area contributed by atoms with E-state index in [0.29, 0.717) is 53.0 Å². The molecule has 0 saturated carbocycles. The molecule has 174 valence electrons. The number of anilines is 2. The van der Waals surface area contributed by atoms with Crippen LogP contribution in [-0.4, -0.2) is 48.0 Å². The van der Waals surface area contributed by atoms with Gasteiger partial charge in [-0.3, -0.25) is 14.9 Å². The Balaban J connectivity index is 1.33. The van der Waals surface area contributed by atoms with Crippen molar-refractivity contribution >= 4 is 63.7 Å². The minimum atomic E-state index is -0.356. The maximum absolute atomic E-state index is 12.7. The molecule has 34 heavy (non-hydrogen) atoms. The van der Waals surface area contributed by atoms with Crippen LogP contribution in [0.15, 0.2) is 72.8 Å². The van der Waals surface area contributed by atoms with Gasteiger partial charge in [0.1, 0.15) is 0 Å². The van der Waals surface area contributed by atoms with Gasteiger partial charge in [0.25, 0.3) is 11.8 Å². The highest BCUT2D eigenvalue weighted by molar-refractivity contribution is 7.80. The number of hydrogen-bond acceptors (Lipinski definition) is 4. The number of thiocarbonyl (C=S) groups is 1. The third-order valence-corrected chi connectivity index (χ3v) is 6.19. The second-order valence-corrected chi connectivity index (χ2v) is 8.98. The maximum atomic E-state index is 12.7. The minimum absolute atomic E-state index is 0.0410. The fraction of sp³-hybridized carbons (Fsp3) is 0.160. The quantitative estimate of drug-likeness (QED) is 0.477. The van der Waals surface area contributed by atoms with Crippen LogP contribution in [0.4, 0.5) is 11.4 Å². The fourth-order valence-electron chi connectivity index (χ4n) is 3.72. The molecule has 0 unspecified atom stereocenters. The van der Waals surface area contributed by atoms with Gasteiger partial charge in [-0.15, -0.1) is 0 Å². The average molecular weight is 513 g/mol. The lowest BCUT2D eigenvalue weighted by Gasteiger charge is -2.36. The van der Waals surface area contributed by atoms with Crippen molar-refractivity contribution < 1.29 is 9.59 Å². The van der Waals surface area contributed by atoms with Gasteiger partial charge in [-0.1, -0.05) is 47.5 Å². The second-order valence-electron chi connectivity index (χ2n) is 7.73. The number of nitrogens with one attached hydrogen (secondary N) is 2. The van der Waals surface area contributed by atoms with Crippen LogP contribution in [0.2, 0.25) is 10.0 Å². The first-order valence-corrected chi connectivity index (χ1v) is 11.8. The topological polar surface area (TPSA) is 64.7 Å². The predicted molar refractivity (Wildman–Crippen MR) is 141 cm³/mol. The molecule has 0 atom stereocenters. The summed E-state index contributed by atoms with van der Waals surface area (Å²) in [7, 11) is 0. The van der Waals surface area contributed by atoms with Crippen LogP contribution in [0, 0.1) is 0 Å². The van der Waals surface area contributed by atoms with Gasteiger partial charge in [0.2, 0.25) is 0 Å². The summed E-state index contributed by atoms with van der Waals surface area (Å²) < 4.78 is 0. The molecule has 1 aliphatic rings. The van der Waals surface area contributed by atoms with Crippen molar-refractivity contribution in [2.45, 2.75) is 0 Å². The van der Waals surface area contributed by atoms with Gasteiger partial charge in [-0.2, -0.15) is 0 Å². The summed E-state index contributed by atoms with van der Waals surface area (Å²) >= 11 is 17.7. The van der Waals surface area contributed by atoms with Crippen molar-refractivity contribution in [2.24, 2.45) is 0 Å². The summed E-state index contributed by atoms with van der Waals surface area (Å²) in [5.41, 5.74) is 2.65. The van der Waals surface area contributed by atoms with Crippen molar-refractivity contribution in [1.29, 1.82) is 0 Å². The van der Waals surface area contributed by atoms with Crippen molar-refractivity contribution in [1.82, 2.24) is 10.2 Å². The molecule has 4 rings (SSSR count). The summed E-state index contributed by atoms with van der Waals surface area (Å²) in [6, 6.07) is 21.4. The minimum Gasteiger partial charge on any atom is -0.367 e. The normalized spacial score (nSPS) is 13.4. The zero-order valence-electron chi connectivity index (χ0n) is 18.1. The van der Waals surface area contributed by atoms with Crippen LogP contribution < -0.4 is 15.5 Å². The van der Waals surface area contributed by atoms with Gasteiger partial charge in [-0.25, -0.2) is 0 Å².